The number of hydrogen-bond donors (Lipinski definition) is 1. The molecular formula is C14H27IO. The van der Waals surface area contributed by atoms with Gasteiger partial charge in [-0.2, -0.15) is 0 Å². The van der Waals surface area contributed by atoms with Gasteiger partial charge >= 0.3 is 0 Å². The zero-order valence-corrected chi connectivity index (χ0v) is 13.1. The Bertz CT molecular complexity index is 189. The van der Waals surface area contributed by atoms with Crippen LogP contribution in [0.5, 0.6) is 0 Å². The van der Waals surface area contributed by atoms with E-state index in [-0.39, 0.29) is 5.41 Å². The zero-order valence-electron chi connectivity index (χ0n) is 10.9. The Labute approximate surface area is 115 Å². The number of hydrogen-bond acceptors (Lipinski definition) is 1. The van der Waals surface area contributed by atoms with Gasteiger partial charge in [0.05, 0.1) is 5.60 Å². The van der Waals surface area contributed by atoms with Crippen molar-refractivity contribution >= 4 is 22.6 Å². The van der Waals surface area contributed by atoms with Crippen molar-refractivity contribution in [2.75, 3.05) is 4.43 Å². The summed E-state index contributed by atoms with van der Waals surface area (Å²) in [5, 5.41) is 10.8. The maximum Gasteiger partial charge on any atom is 0.0676 e. The smallest absolute Gasteiger partial charge is 0.0676 e. The molecule has 16 heavy (non-hydrogen) atoms. The SMILES string of the molecule is CCCCC(C)(O)C1(CCI)CCCCC1. The Balaban J connectivity index is 2.72. The highest BCUT2D eigenvalue weighted by atomic mass is 127. The van der Waals surface area contributed by atoms with Gasteiger partial charge in [-0.15, -0.1) is 0 Å². The van der Waals surface area contributed by atoms with E-state index >= 15 is 0 Å². The lowest BCUT2D eigenvalue weighted by Crippen LogP contribution is -2.47. The van der Waals surface area contributed by atoms with Crippen LogP contribution in [0.3, 0.4) is 0 Å². The van der Waals surface area contributed by atoms with E-state index in [1.807, 2.05) is 0 Å². The molecule has 0 saturated heterocycles. The van der Waals surface area contributed by atoms with E-state index in [2.05, 4.69) is 36.4 Å². The number of alkyl halides is 1. The highest BCUT2D eigenvalue weighted by Gasteiger charge is 2.45. The van der Waals surface area contributed by atoms with Crippen LogP contribution in [0.15, 0.2) is 0 Å². The fourth-order valence-corrected chi connectivity index (χ4v) is 4.29. The number of rotatable bonds is 6. The van der Waals surface area contributed by atoms with Crippen molar-refractivity contribution in [3.8, 4) is 0 Å². The molecule has 0 aromatic rings. The topological polar surface area (TPSA) is 20.2 Å². The van der Waals surface area contributed by atoms with Gasteiger partial charge in [0.15, 0.2) is 0 Å². The summed E-state index contributed by atoms with van der Waals surface area (Å²) in [6.07, 6.45) is 11.0. The zero-order chi connectivity index (χ0) is 12.1. The summed E-state index contributed by atoms with van der Waals surface area (Å²) in [6, 6.07) is 0. The summed E-state index contributed by atoms with van der Waals surface area (Å²) in [7, 11) is 0. The van der Waals surface area contributed by atoms with Gasteiger partial charge in [-0.05, 0) is 38.0 Å². The van der Waals surface area contributed by atoms with Crippen molar-refractivity contribution in [1.29, 1.82) is 0 Å². The van der Waals surface area contributed by atoms with E-state index < -0.39 is 5.60 Å². The number of unbranched alkanes of at least 4 members (excludes halogenated alkanes) is 1. The van der Waals surface area contributed by atoms with Crippen molar-refractivity contribution in [3.05, 3.63) is 0 Å². The van der Waals surface area contributed by atoms with Gasteiger partial charge in [0.2, 0.25) is 0 Å². The second-order valence-corrected chi connectivity index (χ2v) is 6.74. The standard InChI is InChI=1S/C14H27IO/c1-3-4-8-13(2,16)14(11-12-15)9-6-5-7-10-14/h16H,3-12H2,1-2H3. The molecule has 1 nitrogen and oxygen atoms in total. The third-order valence-corrected chi connectivity index (χ3v) is 5.08. The highest BCUT2D eigenvalue weighted by molar-refractivity contribution is 14.1. The van der Waals surface area contributed by atoms with Crippen LogP contribution in [0.4, 0.5) is 0 Å². The molecular weight excluding hydrogens is 311 g/mol. The van der Waals surface area contributed by atoms with Gasteiger partial charge in [0.25, 0.3) is 0 Å². The average Bonchev–Trinajstić information content (AvgIpc) is 2.28. The van der Waals surface area contributed by atoms with Crippen LogP contribution < -0.4 is 0 Å². The lowest BCUT2D eigenvalue weighted by molar-refractivity contribution is -0.0986. The van der Waals surface area contributed by atoms with Gasteiger partial charge in [-0.1, -0.05) is 61.6 Å². The fourth-order valence-electron chi connectivity index (χ4n) is 3.25. The summed E-state index contributed by atoms with van der Waals surface area (Å²) in [6.45, 7) is 4.31. The molecule has 2 heteroatoms. The summed E-state index contributed by atoms with van der Waals surface area (Å²) in [5.74, 6) is 0. The summed E-state index contributed by atoms with van der Waals surface area (Å²) in [5.41, 5.74) is -0.212. The molecule has 0 amide bonds. The first-order valence-electron chi connectivity index (χ1n) is 6.86. The lowest BCUT2D eigenvalue weighted by Gasteiger charge is -2.48. The van der Waals surface area contributed by atoms with Crippen LogP contribution in [0, 0.1) is 5.41 Å². The van der Waals surface area contributed by atoms with Crippen LogP contribution in [0.25, 0.3) is 0 Å². The highest BCUT2D eigenvalue weighted by Crippen LogP contribution is 2.49. The molecule has 0 bridgehead atoms. The first-order valence-corrected chi connectivity index (χ1v) is 8.39. The molecule has 0 aliphatic heterocycles. The Kier molecular flexibility index (Phi) is 6.06. The van der Waals surface area contributed by atoms with Crippen LogP contribution in [-0.4, -0.2) is 15.1 Å². The Morgan fingerprint density at radius 1 is 1.25 bits per heavy atom. The van der Waals surface area contributed by atoms with Crippen LogP contribution in [0.1, 0.15) is 71.6 Å². The molecule has 0 aromatic carbocycles. The molecule has 1 unspecified atom stereocenters. The molecule has 0 aromatic heterocycles. The second kappa shape index (κ2) is 6.58. The molecule has 1 N–H and O–H groups in total. The second-order valence-electron chi connectivity index (χ2n) is 5.66. The van der Waals surface area contributed by atoms with Crippen molar-refractivity contribution in [1.82, 2.24) is 0 Å². The normalized spacial score (nSPS) is 24.0. The van der Waals surface area contributed by atoms with Crippen LogP contribution in [0.2, 0.25) is 0 Å². The molecule has 1 aliphatic rings. The quantitative estimate of drug-likeness (QED) is 0.550. The predicted octanol–water partition coefficient (Wildman–Crippen LogP) is 4.70. The molecule has 96 valence electrons. The van der Waals surface area contributed by atoms with Crippen LogP contribution >= 0.6 is 22.6 Å². The third-order valence-electron chi connectivity index (χ3n) is 4.54. The summed E-state index contributed by atoms with van der Waals surface area (Å²) < 4.78 is 1.18. The predicted molar refractivity (Wildman–Crippen MR) is 79.2 cm³/mol. The minimum absolute atomic E-state index is 0.224. The molecule has 0 radical (unpaired) electrons. The maximum atomic E-state index is 10.8. The molecule has 1 fully saturated rings. The van der Waals surface area contributed by atoms with E-state index in [0.717, 1.165) is 12.8 Å². The van der Waals surface area contributed by atoms with Gasteiger partial charge in [0.1, 0.15) is 0 Å². The monoisotopic (exact) mass is 338 g/mol. The van der Waals surface area contributed by atoms with E-state index in [9.17, 15) is 5.11 Å². The Hall–Kier alpha value is 0.690. The largest absolute Gasteiger partial charge is 0.390 e. The minimum Gasteiger partial charge on any atom is -0.390 e. The summed E-state index contributed by atoms with van der Waals surface area (Å²) in [4.78, 5) is 0. The van der Waals surface area contributed by atoms with Gasteiger partial charge < -0.3 is 5.11 Å². The first-order chi connectivity index (χ1) is 7.58. The Morgan fingerprint density at radius 3 is 2.38 bits per heavy atom. The van der Waals surface area contributed by atoms with E-state index in [1.54, 1.807) is 0 Å². The number of aliphatic hydroxyl groups is 1. The van der Waals surface area contributed by atoms with E-state index in [4.69, 9.17) is 0 Å². The van der Waals surface area contributed by atoms with Crippen LogP contribution in [-0.2, 0) is 0 Å². The fraction of sp³-hybridized carbons (Fsp3) is 1.00. The lowest BCUT2D eigenvalue weighted by atomic mass is 9.61. The molecule has 1 rings (SSSR count). The van der Waals surface area contributed by atoms with Crippen molar-refractivity contribution in [3.63, 3.8) is 0 Å². The minimum atomic E-state index is -0.436. The van der Waals surface area contributed by atoms with Gasteiger partial charge in [-0.25, -0.2) is 0 Å². The van der Waals surface area contributed by atoms with Crippen molar-refractivity contribution in [2.24, 2.45) is 5.41 Å². The molecule has 0 heterocycles. The first kappa shape index (κ1) is 14.7. The summed E-state index contributed by atoms with van der Waals surface area (Å²) >= 11 is 2.47. The van der Waals surface area contributed by atoms with E-state index in [1.165, 1.54) is 49.4 Å². The molecule has 0 spiro atoms. The van der Waals surface area contributed by atoms with Crippen molar-refractivity contribution in [2.45, 2.75) is 77.2 Å². The van der Waals surface area contributed by atoms with Gasteiger partial charge in [0, 0.05) is 4.43 Å². The Morgan fingerprint density at radius 2 is 1.88 bits per heavy atom. The number of halogens is 1. The molecule has 1 atom stereocenters. The molecule has 1 saturated carbocycles. The van der Waals surface area contributed by atoms with Gasteiger partial charge in [-0.3, -0.25) is 0 Å². The van der Waals surface area contributed by atoms with E-state index in [0.29, 0.717) is 0 Å². The maximum absolute atomic E-state index is 10.8. The third kappa shape index (κ3) is 3.34. The molecule has 1 aliphatic carbocycles. The average molecular weight is 338 g/mol. The van der Waals surface area contributed by atoms with Crippen molar-refractivity contribution < 1.29 is 5.11 Å².